The highest BCUT2D eigenvalue weighted by Crippen LogP contribution is 2.44. The Labute approximate surface area is 186 Å². The van der Waals surface area contributed by atoms with Crippen LogP contribution < -0.4 is 10.8 Å². The van der Waals surface area contributed by atoms with E-state index in [2.05, 4.69) is 35.1 Å². The summed E-state index contributed by atoms with van der Waals surface area (Å²) in [7, 11) is 0. The van der Waals surface area contributed by atoms with Crippen LogP contribution in [-0.4, -0.2) is 41.8 Å². The van der Waals surface area contributed by atoms with Crippen LogP contribution in [0.2, 0.25) is 0 Å². The van der Waals surface area contributed by atoms with Crippen molar-refractivity contribution in [2.24, 2.45) is 0 Å². The first kappa shape index (κ1) is 23.3. The van der Waals surface area contributed by atoms with E-state index in [0.29, 0.717) is 12.8 Å². The molecule has 0 saturated carbocycles. The fraction of sp³-hybridized carbons (Fsp3) is 0.375. The summed E-state index contributed by atoms with van der Waals surface area (Å²) >= 11 is 0. The lowest BCUT2D eigenvalue weighted by Gasteiger charge is -2.19. The molecule has 2 atom stereocenters. The average molecular weight is 440 g/mol. The van der Waals surface area contributed by atoms with Gasteiger partial charge in [-0.3, -0.25) is 9.63 Å². The summed E-state index contributed by atoms with van der Waals surface area (Å²) in [5.41, 5.74) is 6.72. The van der Waals surface area contributed by atoms with Gasteiger partial charge in [0.05, 0.1) is 0 Å². The van der Waals surface area contributed by atoms with Gasteiger partial charge in [0, 0.05) is 18.4 Å². The summed E-state index contributed by atoms with van der Waals surface area (Å²) in [4.78, 5) is 39.7. The highest BCUT2D eigenvalue weighted by atomic mass is 16.7. The average Bonchev–Trinajstić information content (AvgIpc) is 3.12. The molecule has 2 aromatic rings. The summed E-state index contributed by atoms with van der Waals surface area (Å²) in [5, 5.41) is 11.6. The normalized spacial score (nSPS) is 14.1. The molecule has 3 rings (SSSR count). The van der Waals surface area contributed by atoms with Crippen LogP contribution in [0.3, 0.4) is 0 Å². The number of hydroxylamine groups is 1. The van der Waals surface area contributed by atoms with Crippen LogP contribution >= 0.6 is 0 Å². The van der Waals surface area contributed by atoms with Crippen LogP contribution in [0.4, 0.5) is 4.79 Å². The maximum atomic E-state index is 12.4. The molecule has 0 bridgehead atoms. The zero-order valence-corrected chi connectivity index (χ0v) is 18.2. The smallest absolute Gasteiger partial charge is 0.407 e. The van der Waals surface area contributed by atoms with E-state index >= 15 is 0 Å². The zero-order valence-electron chi connectivity index (χ0n) is 18.2. The number of amides is 2. The largest absolute Gasteiger partial charge is 0.479 e. The molecule has 3 N–H and O–H groups in total. The molecule has 0 aromatic heterocycles. The Morgan fingerprint density at radius 2 is 1.62 bits per heavy atom. The predicted molar refractivity (Wildman–Crippen MR) is 118 cm³/mol. The standard InChI is InChI=1S/C24H28N2O6/c1-3-16(12-13-22(27)26-32-15(2)23(28)29)25-24(30)31-14-21-19-10-6-4-8-17(19)18-9-5-7-11-20(18)21/h4-11,15-16,21H,3,12-14H2,1-2H3,(H,25,30)(H,26,27)(H,28,29). The van der Waals surface area contributed by atoms with Crippen LogP contribution in [0.1, 0.15) is 50.2 Å². The highest BCUT2D eigenvalue weighted by Gasteiger charge is 2.29. The molecule has 0 aliphatic heterocycles. The highest BCUT2D eigenvalue weighted by molar-refractivity contribution is 5.79. The van der Waals surface area contributed by atoms with Gasteiger partial charge < -0.3 is 15.2 Å². The van der Waals surface area contributed by atoms with Gasteiger partial charge in [-0.1, -0.05) is 55.5 Å². The number of hydrogen-bond acceptors (Lipinski definition) is 5. The number of carboxylic acids is 1. The minimum absolute atomic E-state index is 0.0209. The van der Waals surface area contributed by atoms with E-state index in [1.807, 2.05) is 31.2 Å². The minimum atomic E-state index is -1.17. The second-order valence-corrected chi connectivity index (χ2v) is 7.74. The van der Waals surface area contributed by atoms with E-state index in [9.17, 15) is 14.4 Å². The Morgan fingerprint density at radius 3 is 2.19 bits per heavy atom. The number of carbonyl (C=O) groups is 3. The Morgan fingerprint density at radius 1 is 1.03 bits per heavy atom. The molecule has 0 saturated heterocycles. The number of benzene rings is 2. The van der Waals surface area contributed by atoms with Gasteiger partial charge in [-0.2, -0.15) is 0 Å². The first-order chi connectivity index (χ1) is 15.4. The van der Waals surface area contributed by atoms with Crippen molar-refractivity contribution < 1.29 is 29.1 Å². The fourth-order valence-corrected chi connectivity index (χ4v) is 3.75. The molecule has 2 aromatic carbocycles. The number of aliphatic carboxylic acids is 1. The molecule has 0 spiro atoms. The van der Waals surface area contributed by atoms with Gasteiger partial charge in [0.25, 0.3) is 0 Å². The third-order valence-corrected chi connectivity index (χ3v) is 5.58. The van der Waals surface area contributed by atoms with E-state index in [-0.39, 0.29) is 25.0 Å². The van der Waals surface area contributed by atoms with Gasteiger partial charge in [0.1, 0.15) is 6.61 Å². The van der Waals surface area contributed by atoms with Crippen LogP contribution in [-0.2, 0) is 19.2 Å². The SMILES string of the molecule is CCC(CCC(=O)NOC(C)C(=O)O)NC(=O)OCC1c2ccccc2-c2ccccc21. The minimum Gasteiger partial charge on any atom is -0.479 e. The van der Waals surface area contributed by atoms with Crippen molar-refractivity contribution in [1.29, 1.82) is 0 Å². The van der Waals surface area contributed by atoms with Crippen LogP contribution in [0.15, 0.2) is 48.5 Å². The molecule has 1 aliphatic rings. The Kier molecular flexibility index (Phi) is 7.83. The number of rotatable bonds is 10. The predicted octanol–water partition coefficient (Wildman–Crippen LogP) is 3.60. The lowest BCUT2D eigenvalue weighted by atomic mass is 9.98. The van der Waals surface area contributed by atoms with Crippen LogP contribution in [0.25, 0.3) is 11.1 Å². The molecule has 8 heteroatoms. The van der Waals surface area contributed by atoms with Crippen molar-refractivity contribution in [3.63, 3.8) is 0 Å². The summed E-state index contributed by atoms with van der Waals surface area (Å²) < 4.78 is 5.54. The third kappa shape index (κ3) is 5.64. The van der Waals surface area contributed by atoms with E-state index in [1.54, 1.807) is 0 Å². The number of carboxylic acid groups (broad SMARTS) is 1. The van der Waals surface area contributed by atoms with E-state index in [1.165, 1.54) is 6.92 Å². The molecule has 0 radical (unpaired) electrons. The van der Waals surface area contributed by atoms with Gasteiger partial charge in [-0.05, 0) is 42.0 Å². The molecule has 2 unspecified atom stereocenters. The van der Waals surface area contributed by atoms with Crippen molar-refractivity contribution in [2.75, 3.05) is 6.61 Å². The molecule has 0 heterocycles. The summed E-state index contributed by atoms with van der Waals surface area (Å²) in [6, 6.07) is 16.0. The van der Waals surface area contributed by atoms with Gasteiger partial charge in [-0.15, -0.1) is 0 Å². The number of nitrogens with one attached hydrogen (secondary N) is 2. The topological polar surface area (TPSA) is 114 Å². The van der Waals surface area contributed by atoms with Gasteiger partial charge in [-0.25, -0.2) is 15.1 Å². The van der Waals surface area contributed by atoms with Gasteiger partial charge >= 0.3 is 12.1 Å². The molecular formula is C24H28N2O6. The number of alkyl carbamates (subject to hydrolysis) is 1. The summed E-state index contributed by atoms with van der Waals surface area (Å²) in [6.07, 6.45) is -0.606. The zero-order chi connectivity index (χ0) is 23.1. The number of ether oxygens (including phenoxy) is 1. The molecule has 1 aliphatic carbocycles. The Hall–Kier alpha value is -3.39. The first-order valence-corrected chi connectivity index (χ1v) is 10.7. The maximum Gasteiger partial charge on any atom is 0.407 e. The second kappa shape index (κ2) is 10.8. The van der Waals surface area contributed by atoms with Crippen molar-refractivity contribution >= 4 is 18.0 Å². The summed E-state index contributed by atoms with van der Waals surface area (Å²) in [5.74, 6) is -1.65. The molecule has 2 amide bonds. The molecule has 0 fully saturated rings. The lowest BCUT2D eigenvalue weighted by Crippen LogP contribution is -2.37. The van der Waals surface area contributed by atoms with Crippen LogP contribution in [0.5, 0.6) is 0 Å². The lowest BCUT2D eigenvalue weighted by molar-refractivity contribution is -0.158. The maximum absolute atomic E-state index is 12.4. The van der Waals surface area contributed by atoms with Gasteiger partial charge in [0.15, 0.2) is 6.10 Å². The third-order valence-electron chi connectivity index (χ3n) is 5.58. The number of hydrogen-bond donors (Lipinski definition) is 3. The first-order valence-electron chi connectivity index (χ1n) is 10.7. The quantitative estimate of drug-likeness (QED) is 0.487. The second-order valence-electron chi connectivity index (χ2n) is 7.74. The van der Waals surface area contributed by atoms with Crippen molar-refractivity contribution in [2.45, 2.75) is 51.2 Å². The molecule has 32 heavy (non-hydrogen) atoms. The van der Waals surface area contributed by atoms with Crippen molar-refractivity contribution in [3.05, 3.63) is 59.7 Å². The Bertz CT molecular complexity index is 931. The van der Waals surface area contributed by atoms with Gasteiger partial charge in [0.2, 0.25) is 5.91 Å². The number of carbonyl (C=O) groups excluding carboxylic acids is 2. The molecule has 170 valence electrons. The van der Waals surface area contributed by atoms with E-state index in [0.717, 1.165) is 22.3 Å². The number of fused-ring (bicyclic) bond motifs is 3. The fourth-order valence-electron chi connectivity index (χ4n) is 3.75. The van der Waals surface area contributed by atoms with Crippen LogP contribution in [0, 0.1) is 0 Å². The van der Waals surface area contributed by atoms with E-state index < -0.39 is 24.1 Å². The molecule has 8 nitrogen and oxygen atoms in total. The van der Waals surface area contributed by atoms with Crippen molar-refractivity contribution in [3.8, 4) is 11.1 Å². The molecular weight excluding hydrogens is 412 g/mol. The summed E-state index contributed by atoms with van der Waals surface area (Å²) in [6.45, 7) is 3.43. The monoisotopic (exact) mass is 440 g/mol. The Balaban J connectivity index is 1.49. The van der Waals surface area contributed by atoms with E-state index in [4.69, 9.17) is 14.7 Å². The van der Waals surface area contributed by atoms with Crippen molar-refractivity contribution in [1.82, 2.24) is 10.8 Å².